The predicted octanol–water partition coefficient (Wildman–Crippen LogP) is 3.60. The molecule has 3 aromatic rings. The number of carbonyl (C=O) groups excluding carboxylic acids is 1. The number of nitrogens with one attached hydrogen (secondary N) is 3. The van der Waals surface area contributed by atoms with Crippen LogP contribution in [0.1, 0.15) is 42.3 Å². The van der Waals surface area contributed by atoms with Gasteiger partial charge in [-0.3, -0.25) is 14.2 Å². The molecular formula is C22H23F4N7O4. The molecule has 198 valence electrons. The molecule has 3 atom stereocenters. The summed E-state index contributed by atoms with van der Waals surface area (Å²) in [4.78, 5) is 20.6. The number of aromatic amines is 1. The molecule has 4 heterocycles. The summed E-state index contributed by atoms with van der Waals surface area (Å²) in [5, 5.41) is 12.6. The van der Waals surface area contributed by atoms with Crippen LogP contribution in [0.5, 0.6) is 0 Å². The molecule has 0 aromatic carbocycles. The van der Waals surface area contributed by atoms with Gasteiger partial charge in [-0.1, -0.05) is 0 Å². The maximum Gasteiger partial charge on any atom is 0.522 e. The number of hydrogen-bond acceptors (Lipinski definition) is 8. The number of carbonyl (C=O) groups is 1. The molecule has 4 aliphatic rings. The number of hydrogen-bond donors (Lipinski definition) is 3. The second-order valence-electron chi connectivity index (χ2n) is 9.78. The monoisotopic (exact) mass is 525 g/mol. The summed E-state index contributed by atoms with van der Waals surface area (Å²) >= 11 is 0. The molecule has 3 N–H and O–H groups in total. The Balaban J connectivity index is 1.11. The van der Waals surface area contributed by atoms with Crippen LogP contribution in [-0.2, 0) is 20.8 Å². The molecule has 15 heteroatoms. The zero-order valence-corrected chi connectivity index (χ0v) is 19.5. The Morgan fingerprint density at radius 2 is 2.14 bits per heavy atom. The number of rotatable bonds is 7. The fourth-order valence-corrected chi connectivity index (χ4v) is 5.08. The van der Waals surface area contributed by atoms with Gasteiger partial charge in [-0.2, -0.15) is 5.10 Å². The number of aryl methyl sites for hydroxylation is 1. The molecule has 0 radical (unpaired) electrons. The second kappa shape index (κ2) is 8.55. The number of amides is 1. The smallest absolute Gasteiger partial charge is 0.441 e. The van der Waals surface area contributed by atoms with Gasteiger partial charge in [0, 0.05) is 29.6 Å². The van der Waals surface area contributed by atoms with E-state index < -0.39 is 37.4 Å². The Bertz CT molecular complexity index is 1330. The predicted molar refractivity (Wildman–Crippen MR) is 118 cm³/mol. The molecular weight excluding hydrogens is 502 g/mol. The fraction of sp³-hybridized carbons (Fsp3) is 0.545. The van der Waals surface area contributed by atoms with Crippen molar-refractivity contribution in [1.29, 1.82) is 0 Å². The van der Waals surface area contributed by atoms with Crippen molar-refractivity contribution < 1.29 is 36.6 Å². The first kappa shape index (κ1) is 23.9. The van der Waals surface area contributed by atoms with Crippen molar-refractivity contribution in [3.05, 3.63) is 35.4 Å². The van der Waals surface area contributed by atoms with E-state index in [2.05, 4.69) is 35.5 Å². The third-order valence-corrected chi connectivity index (χ3v) is 6.99. The number of nitrogens with zero attached hydrogens (tertiary/aromatic N) is 4. The summed E-state index contributed by atoms with van der Waals surface area (Å²) in [5.74, 6) is 1.16. The first-order valence-corrected chi connectivity index (χ1v) is 11.7. The molecule has 11 nitrogen and oxygen atoms in total. The van der Waals surface area contributed by atoms with Gasteiger partial charge in [0.05, 0.1) is 24.6 Å². The van der Waals surface area contributed by atoms with Crippen LogP contribution in [-0.4, -0.2) is 61.4 Å². The first-order valence-electron chi connectivity index (χ1n) is 11.7. The molecule has 3 aromatic heterocycles. The Morgan fingerprint density at radius 1 is 1.35 bits per heavy atom. The van der Waals surface area contributed by atoms with E-state index in [1.54, 1.807) is 6.92 Å². The first-order chi connectivity index (χ1) is 17.6. The van der Waals surface area contributed by atoms with E-state index in [1.165, 1.54) is 22.9 Å². The van der Waals surface area contributed by atoms with Gasteiger partial charge in [0.25, 0.3) is 0 Å². The summed E-state index contributed by atoms with van der Waals surface area (Å²) in [6.45, 7) is 0.859. The molecule has 1 amide bonds. The van der Waals surface area contributed by atoms with Crippen molar-refractivity contribution in [2.75, 3.05) is 11.9 Å². The van der Waals surface area contributed by atoms with Gasteiger partial charge in [-0.05, 0) is 32.1 Å². The lowest BCUT2D eigenvalue weighted by Gasteiger charge is -2.61. The lowest BCUT2D eigenvalue weighted by Crippen LogP contribution is -2.68. The molecule has 7 rings (SSSR count). The minimum atomic E-state index is -4.78. The summed E-state index contributed by atoms with van der Waals surface area (Å²) in [5.41, 5.74) is 1.22. The highest BCUT2D eigenvalue weighted by Crippen LogP contribution is 2.57. The van der Waals surface area contributed by atoms with Gasteiger partial charge in [0.2, 0.25) is 5.95 Å². The number of alkyl carbamates (subject to hydrolysis) is 1. The summed E-state index contributed by atoms with van der Waals surface area (Å²) < 4.78 is 68.5. The van der Waals surface area contributed by atoms with Gasteiger partial charge in [0.1, 0.15) is 11.8 Å². The molecule has 1 saturated heterocycles. The molecule has 4 fully saturated rings. The molecule has 3 aliphatic carbocycles. The van der Waals surface area contributed by atoms with E-state index in [-0.39, 0.29) is 29.6 Å². The van der Waals surface area contributed by atoms with Crippen molar-refractivity contribution in [2.24, 2.45) is 5.92 Å². The van der Waals surface area contributed by atoms with Crippen LogP contribution in [0.15, 0.2) is 18.5 Å². The normalized spacial score (nSPS) is 28.6. The SMILES string of the molecule is Cc1cnc(Nc2cc([C@H]3OC[C@@H](OC(=O)NC45CC(C4)C5)[C@@H]3F)[nH]n2)n2cc(COC(F)(F)F)nc12. The van der Waals surface area contributed by atoms with Crippen LogP contribution in [0, 0.1) is 12.8 Å². The average Bonchev–Trinajstić information content (AvgIpc) is 3.50. The van der Waals surface area contributed by atoms with Crippen molar-refractivity contribution in [3.63, 3.8) is 0 Å². The van der Waals surface area contributed by atoms with Gasteiger partial charge in [-0.25, -0.2) is 19.2 Å². The maximum absolute atomic E-state index is 15.1. The highest BCUT2D eigenvalue weighted by molar-refractivity contribution is 5.69. The third kappa shape index (κ3) is 4.56. The third-order valence-electron chi connectivity index (χ3n) is 6.99. The van der Waals surface area contributed by atoms with E-state index in [1.807, 2.05) is 0 Å². The number of aromatic nitrogens is 5. The van der Waals surface area contributed by atoms with E-state index in [0.717, 1.165) is 19.3 Å². The highest BCUT2D eigenvalue weighted by Gasteiger charge is 2.58. The minimum Gasteiger partial charge on any atom is -0.441 e. The summed E-state index contributed by atoms with van der Waals surface area (Å²) in [6, 6.07) is 1.51. The van der Waals surface area contributed by atoms with Crippen LogP contribution in [0.3, 0.4) is 0 Å². The number of anilines is 2. The summed E-state index contributed by atoms with van der Waals surface area (Å²) in [7, 11) is 0. The van der Waals surface area contributed by atoms with E-state index in [0.29, 0.717) is 22.8 Å². The molecule has 3 saturated carbocycles. The van der Waals surface area contributed by atoms with Gasteiger partial charge >= 0.3 is 12.5 Å². The Kier molecular flexibility index (Phi) is 5.52. The molecule has 0 spiro atoms. The highest BCUT2D eigenvalue weighted by atomic mass is 19.4. The van der Waals surface area contributed by atoms with E-state index in [9.17, 15) is 18.0 Å². The lowest BCUT2D eigenvalue weighted by molar-refractivity contribution is -0.330. The Hall–Kier alpha value is -3.46. The molecule has 2 bridgehead atoms. The average molecular weight is 525 g/mol. The second-order valence-corrected chi connectivity index (χ2v) is 9.78. The van der Waals surface area contributed by atoms with Gasteiger partial charge in [-0.15, -0.1) is 13.2 Å². The van der Waals surface area contributed by atoms with Crippen molar-refractivity contribution in [2.45, 2.75) is 63.1 Å². The van der Waals surface area contributed by atoms with E-state index in [4.69, 9.17) is 9.47 Å². The van der Waals surface area contributed by atoms with Crippen molar-refractivity contribution >= 4 is 23.5 Å². The summed E-state index contributed by atoms with van der Waals surface area (Å²) in [6.07, 6.45) is -3.41. The minimum absolute atomic E-state index is 0.0583. The zero-order chi connectivity index (χ0) is 25.9. The lowest BCUT2D eigenvalue weighted by atomic mass is 9.50. The Morgan fingerprint density at radius 3 is 2.84 bits per heavy atom. The number of fused-ring (bicyclic) bond motifs is 1. The number of ether oxygens (including phenoxy) is 3. The number of imidazole rings is 1. The van der Waals surface area contributed by atoms with Crippen LogP contribution in [0.2, 0.25) is 0 Å². The van der Waals surface area contributed by atoms with Crippen LogP contribution < -0.4 is 10.6 Å². The molecule has 1 aliphatic heterocycles. The number of alkyl halides is 4. The van der Waals surface area contributed by atoms with E-state index >= 15 is 4.39 Å². The zero-order valence-electron chi connectivity index (χ0n) is 19.5. The largest absolute Gasteiger partial charge is 0.522 e. The maximum atomic E-state index is 15.1. The van der Waals surface area contributed by atoms with Crippen molar-refractivity contribution in [3.8, 4) is 0 Å². The van der Waals surface area contributed by atoms with Crippen LogP contribution >= 0.6 is 0 Å². The number of halogens is 4. The van der Waals surface area contributed by atoms with Crippen LogP contribution in [0.25, 0.3) is 5.65 Å². The Labute approximate surface area is 206 Å². The number of H-pyrrole nitrogens is 1. The van der Waals surface area contributed by atoms with Gasteiger partial charge < -0.3 is 20.1 Å². The van der Waals surface area contributed by atoms with Gasteiger partial charge in [0.15, 0.2) is 18.1 Å². The quantitative estimate of drug-likeness (QED) is 0.400. The molecule has 37 heavy (non-hydrogen) atoms. The van der Waals surface area contributed by atoms with Crippen LogP contribution in [0.4, 0.5) is 34.1 Å². The van der Waals surface area contributed by atoms with Crippen molar-refractivity contribution in [1.82, 2.24) is 29.9 Å². The fourth-order valence-electron chi connectivity index (χ4n) is 5.08. The topological polar surface area (TPSA) is 128 Å². The molecule has 0 unspecified atom stereocenters. The standard InChI is InChI=1S/C22H23F4N7O4/c1-10-6-27-19(33-7-12(28-18(10)33)8-36-22(24,25)26)29-15-2-13(31-32-15)17-16(23)14(9-35-17)37-20(34)30-21-3-11(4-21)5-21/h2,6-7,11,14,16-17H,3-5,8-9H2,1H3,(H,30,34)(H2,27,29,31,32)/t11?,14-,16+,17-,21?/m1/s1.